The molecule has 7 heteroatoms. The van der Waals surface area contributed by atoms with Crippen LogP contribution in [0.5, 0.6) is 5.75 Å². The zero-order chi connectivity index (χ0) is 17.9. The van der Waals surface area contributed by atoms with Crippen LogP contribution < -0.4 is 4.74 Å². The van der Waals surface area contributed by atoms with Gasteiger partial charge in [0.1, 0.15) is 5.60 Å². The Hall–Kier alpha value is -1.92. The van der Waals surface area contributed by atoms with Crippen LogP contribution in [-0.2, 0) is 4.74 Å². The van der Waals surface area contributed by atoms with E-state index in [1.54, 1.807) is 25.7 Å². The first-order chi connectivity index (χ1) is 11.2. The number of carbonyl (C=O) groups excluding carboxylic acids is 1. The number of rotatable bonds is 3. The van der Waals surface area contributed by atoms with E-state index < -0.39 is 29.1 Å². The van der Waals surface area contributed by atoms with E-state index in [9.17, 15) is 18.0 Å². The van der Waals surface area contributed by atoms with Crippen LogP contribution >= 0.6 is 0 Å². The minimum Gasteiger partial charge on any atom is -0.490 e. The maximum atomic E-state index is 13.6. The lowest BCUT2D eigenvalue weighted by molar-refractivity contribution is 0.0138. The molecule has 2 rings (SSSR count). The molecule has 1 fully saturated rings. The molecule has 0 bridgehead atoms. The standard InChI is InChI=1S/C17H22F3NO3/c1-17(2,3)24-16(22)21-6-4-5-11(9-21)10-23-15-8-13(19)12(18)7-14(15)20/h7-8,11H,4-6,9-10H2,1-3H3/t11-/m0/s1. The molecule has 0 aliphatic carbocycles. The van der Waals surface area contributed by atoms with E-state index in [-0.39, 0.29) is 18.3 Å². The summed E-state index contributed by atoms with van der Waals surface area (Å²) in [5.74, 6) is -3.73. The van der Waals surface area contributed by atoms with Gasteiger partial charge in [0.15, 0.2) is 23.2 Å². The van der Waals surface area contributed by atoms with Crippen LogP contribution in [0.1, 0.15) is 33.6 Å². The average Bonchev–Trinajstić information content (AvgIpc) is 2.48. The van der Waals surface area contributed by atoms with Crippen LogP contribution in [-0.4, -0.2) is 36.3 Å². The van der Waals surface area contributed by atoms with E-state index in [0.29, 0.717) is 25.2 Å². The lowest BCUT2D eigenvalue weighted by atomic mass is 9.99. The number of hydrogen-bond donors (Lipinski definition) is 0. The lowest BCUT2D eigenvalue weighted by Gasteiger charge is -2.34. The van der Waals surface area contributed by atoms with Crippen LogP contribution in [0.15, 0.2) is 12.1 Å². The SMILES string of the molecule is CC(C)(C)OC(=O)N1CCC[C@H](COc2cc(F)c(F)cc2F)C1. The van der Waals surface area contributed by atoms with E-state index >= 15 is 0 Å². The summed E-state index contributed by atoms with van der Waals surface area (Å²) in [6, 6.07) is 1.15. The third kappa shape index (κ3) is 5.04. The third-order valence-corrected chi connectivity index (χ3v) is 3.62. The molecule has 1 saturated heterocycles. The predicted octanol–water partition coefficient (Wildman–Crippen LogP) is 4.13. The molecule has 0 unspecified atom stereocenters. The molecule has 1 atom stereocenters. The first-order valence-electron chi connectivity index (χ1n) is 7.91. The van der Waals surface area contributed by atoms with Gasteiger partial charge >= 0.3 is 6.09 Å². The molecule has 4 nitrogen and oxygen atoms in total. The van der Waals surface area contributed by atoms with Gasteiger partial charge in [-0.05, 0) is 33.6 Å². The molecule has 0 aromatic heterocycles. The summed E-state index contributed by atoms with van der Waals surface area (Å²) >= 11 is 0. The van der Waals surface area contributed by atoms with E-state index in [0.717, 1.165) is 12.8 Å². The van der Waals surface area contributed by atoms with E-state index in [1.807, 2.05) is 0 Å². The van der Waals surface area contributed by atoms with Gasteiger partial charge in [-0.25, -0.2) is 18.0 Å². The minimum atomic E-state index is -1.26. The number of likely N-dealkylation sites (tertiary alicyclic amines) is 1. The Labute approximate surface area is 139 Å². The number of carbonyl (C=O) groups is 1. The van der Waals surface area contributed by atoms with Crippen molar-refractivity contribution in [3.05, 3.63) is 29.6 Å². The number of halogens is 3. The van der Waals surface area contributed by atoms with E-state index in [2.05, 4.69) is 0 Å². The quantitative estimate of drug-likeness (QED) is 0.773. The fourth-order valence-corrected chi connectivity index (χ4v) is 2.52. The highest BCUT2D eigenvalue weighted by atomic mass is 19.2. The summed E-state index contributed by atoms with van der Waals surface area (Å²) in [7, 11) is 0. The Balaban J connectivity index is 1.92. The summed E-state index contributed by atoms with van der Waals surface area (Å²) < 4.78 is 50.2. The van der Waals surface area contributed by atoms with Crippen LogP contribution in [0.25, 0.3) is 0 Å². The predicted molar refractivity (Wildman–Crippen MR) is 82.3 cm³/mol. The van der Waals surface area contributed by atoms with Crippen molar-refractivity contribution in [2.75, 3.05) is 19.7 Å². The molecule has 1 aliphatic heterocycles. The fourth-order valence-electron chi connectivity index (χ4n) is 2.52. The van der Waals surface area contributed by atoms with Gasteiger partial charge in [-0.3, -0.25) is 0 Å². The number of ether oxygens (including phenoxy) is 2. The van der Waals surface area contributed by atoms with Crippen molar-refractivity contribution >= 4 is 6.09 Å². The summed E-state index contributed by atoms with van der Waals surface area (Å²) in [4.78, 5) is 13.7. The topological polar surface area (TPSA) is 38.8 Å². The van der Waals surface area contributed by atoms with Gasteiger partial charge in [0.25, 0.3) is 0 Å². The summed E-state index contributed by atoms with van der Waals surface area (Å²) in [6.07, 6.45) is 1.17. The highest BCUT2D eigenvalue weighted by Gasteiger charge is 2.28. The van der Waals surface area contributed by atoms with Gasteiger partial charge in [0, 0.05) is 31.1 Å². The molecular formula is C17H22F3NO3. The van der Waals surface area contributed by atoms with Crippen molar-refractivity contribution in [1.29, 1.82) is 0 Å². The van der Waals surface area contributed by atoms with Crippen molar-refractivity contribution in [3.8, 4) is 5.75 Å². The molecular weight excluding hydrogens is 323 g/mol. The van der Waals surface area contributed by atoms with Crippen LogP contribution in [0, 0.1) is 23.4 Å². The summed E-state index contributed by atoms with van der Waals surface area (Å²) in [5.41, 5.74) is -0.574. The second-order valence-corrected chi connectivity index (χ2v) is 6.94. The first-order valence-corrected chi connectivity index (χ1v) is 7.91. The molecule has 24 heavy (non-hydrogen) atoms. The van der Waals surface area contributed by atoms with Crippen molar-refractivity contribution < 1.29 is 27.4 Å². The average molecular weight is 345 g/mol. The Morgan fingerprint density at radius 1 is 1.21 bits per heavy atom. The Morgan fingerprint density at radius 2 is 1.88 bits per heavy atom. The second kappa shape index (κ2) is 7.32. The minimum absolute atomic E-state index is 0.0289. The van der Waals surface area contributed by atoms with E-state index in [4.69, 9.17) is 9.47 Å². The Kier molecular flexibility index (Phi) is 5.62. The molecule has 1 aromatic rings. The maximum absolute atomic E-state index is 13.6. The zero-order valence-electron chi connectivity index (χ0n) is 14.1. The molecule has 1 aliphatic rings. The Bertz CT molecular complexity index is 601. The van der Waals surface area contributed by atoms with Gasteiger partial charge in [-0.1, -0.05) is 0 Å². The van der Waals surface area contributed by atoms with Crippen LogP contribution in [0.2, 0.25) is 0 Å². The molecule has 134 valence electrons. The summed E-state index contributed by atoms with van der Waals surface area (Å²) in [6.45, 7) is 6.50. The lowest BCUT2D eigenvalue weighted by Crippen LogP contribution is -2.44. The number of piperidine rings is 1. The van der Waals surface area contributed by atoms with Crippen molar-refractivity contribution in [1.82, 2.24) is 4.90 Å². The highest BCUT2D eigenvalue weighted by Crippen LogP contribution is 2.24. The highest BCUT2D eigenvalue weighted by molar-refractivity contribution is 5.68. The molecule has 1 heterocycles. The smallest absolute Gasteiger partial charge is 0.410 e. The number of hydrogen-bond acceptors (Lipinski definition) is 3. The zero-order valence-corrected chi connectivity index (χ0v) is 14.1. The number of amides is 1. The van der Waals surface area contributed by atoms with E-state index in [1.165, 1.54) is 0 Å². The first kappa shape index (κ1) is 18.4. The number of nitrogens with zero attached hydrogens (tertiary/aromatic N) is 1. The molecule has 0 N–H and O–H groups in total. The van der Waals surface area contributed by atoms with Gasteiger partial charge < -0.3 is 14.4 Å². The monoisotopic (exact) mass is 345 g/mol. The van der Waals surface area contributed by atoms with Crippen molar-refractivity contribution in [2.24, 2.45) is 5.92 Å². The normalized spacial score (nSPS) is 18.4. The van der Waals surface area contributed by atoms with Crippen molar-refractivity contribution in [3.63, 3.8) is 0 Å². The number of benzene rings is 1. The van der Waals surface area contributed by atoms with Gasteiger partial charge in [-0.2, -0.15) is 0 Å². The largest absolute Gasteiger partial charge is 0.490 e. The van der Waals surface area contributed by atoms with Gasteiger partial charge in [0.05, 0.1) is 6.61 Å². The molecule has 0 spiro atoms. The third-order valence-electron chi connectivity index (χ3n) is 3.62. The molecule has 1 aromatic carbocycles. The van der Waals surface area contributed by atoms with Gasteiger partial charge in [0.2, 0.25) is 0 Å². The Morgan fingerprint density at radius 3 is 2.54 bits per heavy atom. The van der Waals surface area contributed by atoms with Crippen LogP contribution in [0.3, 0.4) is 0 Å². The fraction of sp³-hybridized carbons (Fsp3) is 0.588. The van der Waals surface area contributed by atoms with Gasteiger partial charge in [-0.15, -0.1) is 0 Å². The van der Waals surface area contributed by atoms with Crippen molar-refractivity contribution in [2.45, 2.75) is 39.2 Å². The second-order valence-electron chi connectivity index (χ2n) is 6.94. The van der Waals surface area contributed by atoms with Crippen LogP contribution in [0.4, 0.5) is 18.0 Å². The molecule has 1 amide bonds. The molecule has 0 radical (unpaired) electrons. The summed E-state index contributed by atoms with van der Waals surface area (Å²) in [5, 5.41) is 0. The maximum Gasteiger partial charge on any atom is 0.410 e. The molecule has 0 saturated carbocycles.